The highest BCUT2D eigenvalue weighted by molar-refractivity contribution is 6.33. The summed E-state index contributed by atoms with van der Waals surface area (Å²) in [6.07, 6.45) is -2.41. The second-order valence-electron chi connectivity index (χ2n) is 6.52. The summed E-state index contributed by atoms with van der Waals surface area (Å²) < 4.78 is 43.0. The minimum Gasteiger partial charge on any atom is -0.462 e. The van der Waals surface area contributed by atoms with Gasteiger partial charge in [0, 0.05) is 20.0 Å². The van der Waals surface area contributed by atoms with Gasteiger partial charge in [-0.25, -0.2) is 9.79 Å². The highest BCUT2D eigenvalue weighted by Gasteiger charge is 2.29. The molecule has 0 aliphatic heterocycles. The molecule has 0 fully saturated rings. The van der Waals surface area contributed by atoms with Crippen molar-refractivity contribution in [3.05, 3.63) is 63.7 Å². The Hall–Kier alpha value is -2.54. The van der Waals surface area contributed by atoms with Crippen molar-refractivity contribution in [1.82, 2.24) is 4.90 Å². The third kappa shape index (κ3) is 6.49. The van der Waals surface area contributed by atoms with Gasteiger partial charge in [-0.3, -0.25) is 0 Å². The van der Waals surface area contributed by atoms with Crippen LogP contribution in [0.25, 0.3) is 0 Å². The van der Waals surface area contributed by atoms with Gasteiger partial charge >= 0.3 is 12.1 Å². The molecule has 4 nitrogen and oxygen atoms in total. The van der Waals surface area contributed by atoms with E-state index in [2.05, 4.69) is 4.99 Å². The van der Waals surface area contributed by atoms with Crippen molar-refractivity contribution >= 4 is 29.6 Å². The van der Waals surface area contributed by atoms with Crippen molar-refractivity contribution in [3.63, 3.8) is 0 Å². The zero-order valence-corrected chi connectivity index (χ0v) is 17.1. The lowest BCUT2D eigenvalue weighted by molar-refractivity contribution is -0.137. The number of ether oxygens (including phenoxy) is 1. The molecule has 0 unspecified atom stereocenters. The molecule has 0 atom stereocenters. The molecule has 0 aliphatic carbocycles. The van der Waals surface area contributed by atoms with Crippen LogP contribution in [0, 0.1) is 6.92 Å². The molecule has 0 amide bonds. The van der Waals surface area contributed by atoms with Crippen LogP contribution in [-0.2, 0) is 17.3 Å². The van der Waals surface area contributed by atoms with Gasteiger partial charge < -0.3 is 9.64 Å². The molecule has 8 heteroatoms. The van der Waals surface area contributed by atoms with E-state index in [-0.39, 0.29) is 6.61 Å². The van der Waals surface area contributed by atoms with E-state index in [0.717, 1.165) is 18.7 Å². The lowest BCUT2D eigenvalue weighted by Gasteiger charge is -2.11. The average Bonchev–Trinajstić information content (AvgIpc) is 2.67. The van der Waals surface area contributed by atoms with Gasteiger partial charge in [0.25, 0.3) is 0 Å². The molecule has 0 saturated carbocycles. The van der Waals surface area contributed by atoms with E-state index >= 15 is 0 Å². The Labute approximate surface area is 173 Å². The second kappa shape index (κ2) is 9.78. The molecule has 0 saturated heterocycles. The number of carbonyl (C=O) groups is 1. The highest BCUT2D eigenvalue weighted by Crippen LogP contribution is 2.30. The Morgan fingerprint density at radius 2 is 1.90 bits per heavy atom. The Bertz CT molecular complexity index is 881. The van der Waals surface area contributed by atoms with E-state index in [0.29, 0.717) is 33.8 Å². The largest absolute Gasteiger partial charge is 0.462 e. The van der Waals surface area contributed by atoms with Gasteiger partial charge in [0.2, 0.25) is 0 Å². The van der Waals surface area contributed by atoms with Crippen LogP contribution in [0.15, 0.2) is 41.4 Å². The number of rotatable bonds is 7. The number of hydrogen-bond donors (Lipinski definition) is 0. The molecule has 0 heterocycles. The van der Waals surface area contributed by atoms with Gasteiger partial charge in [0.05, 0.1) is 34.8 Å². The van der Waals surface area contributed by atoms with Crippen molar-refractivity contribution in [1.29, 1.82) is 0 Å². The molecule has 2 rings (SSSR count). The molecule has 0 N–H and O–H groups in total. The predicted octanol–water partition coefficient (Wildman–Crippen LogP) is 5.68. The van der Waals surface area contributed by atoms with E-state index in [4.69, 9.17) is 16.3 Å². The number of halogens is 4. The summed E-state index contributed by atoms with van der Waals surface area (Å²) in [5.74, 6) is -0.544. The van der Waals surface area contributed by atoms with E-state index in [1.165, 1.54) is 18.2 Å². The Morgan fingerprint density at radius 1 is 1.24 bits per heavy atom. The Balaban J connectivity index is 1.98. The van der Waals surface area contributed by atoms with Crippen LogP contribution in [-0.4, -0.2) is 37.4 Å². The lowest BCUT2D eigenvalue weighted by Crippen LogP contribution is -2.14. The summed E-state index contributed by atoms with van der Waals surface area (Å²) in [5, 5.41) is 0.325. The summed E-state index contributed by atoms with van der Waals surface area (Å²) in [6.45, 7) is 4.58. The smallest absolute Gasteiger partial charge is 0.416 e. The molecule has 0 radical (unpaired) electrons. The number of esters is 1. The van der Waals surface area contributed by atoms with Gasteiger partial charge in [-0.2, -0.15) is 13.2 Å². The third-order valence-electron chi connectivity index (χ3n) is 4.31. The van der Waals surface area contributed by atoms with Crippen LogP contribution in [0.5, 0.6) is 0 Å². The number of nitrogens with zero attached hydrogens (tertiary/aromatic N) is 2. The van der Waals surface area contributed by atoms with Crippen molar-refractivity contribution in [2.75, 3.05) is 20.2 Å². The number of alkyl halides is 3. The standard InChI is InChI=1S/C21H22ClF3N2O2/c1-4-27(3)13-26-19-11-14(2)17(12-18(19)22)20(28)29-10-9-15-5-7-16(8-6-15)21(23,24)25/h5-8,11-13H,4,9-10H2,1-3H3. The van der Waals surface area contributed by atoms with Crippen molar-refractivity contribution < 1.29 is 22.7 Å². The fourth-order valence-electron chi connectivity index (χ4n) is 2.43. The molecule has 0 bridgehead atoms. The number of benzene rings is 2. The molecule has 2 aromatic carbocycles. The number of aliphatic imine (C=N–C) groups is 1. The van der Waals surface area contributed by atoms with Gasteiger partial charge in [0.15, 0.2) is 0 Å². The minimum atomic E-state index is -4.37. The maximum absolute atomic E-state index is 12.6. The maximum atomic E-state index is 12.6. The molecule has 0 spiro atoms. The summed E-state index contributed by atoms with van der Waals surface area (Å²) in [6, 6.07) is 7.98. The lowest BCUT2D eigenvalue weighted by atomic mass is 10.1. The van der Waals surface area contributed by atoms with E-state index in [1.54, 1.807) is 19.3 Å². The van der Waals surface area contributed by atoms with E-state index < -0.39 is 17.7 Å². The number of carbonyl (C=O) groups excluding carboxylic acids is 1. The van der Waals surface area contributed by atoms with Gasteiger partial charge in [-0.1, -0.05) is 23.7 Å². The SMILES string of the molecule is CCN(C)C=Nc1cc(C)c(C(=O)OCCc2ccc(C(F)(F)F)cc2)cc1Cl. The summed E-state index contributed by atoms with van der Waals surface area (Å²) in [4.78, 5) is 18.5. The van der Waals surface area contributed by atoms with Crippen molar-refractivity contribution in [3.8, 4) is 0 Å². The minimum absolute atomic E-state index is 0.0441. The summed E-state index contributed by atoms with van der Waals surface area (Å²) in [7, 11) is 1.88. The second-order valence-corrected chi connectivity index (χ2v) is 6.92. The summed E-state index contributed by atoms with van der Waals surface area (Å²) >= 11 is 6.22. The normalized spacial score (nSPS) is 11.7. The molecule has 156 valence electrons. The Kier molecular flexibility index (Phi) is 7.67. The molecule has 0 aliphatic rings. The topological polar surface area (TPSA) is 41.9 Å². The first-order valence-corrected chi connectivity index (χ1v) is 9.37. The maximum Gasteiger partial charge on any atom is 0.416 e. The Morgan fingerprint density at radius 3 is 2.48 bits per heavy atom. The monoisotopic (exact) mass is 426 g/mol. The quantitative estimate of drug-likeness (QED) is 0.325. The average molecular weight is 427 g/mol. The van der Waals surface area contributed by atoms with Crippen LogP contribution < -0.4 is 0 Å². The first kappa shape index (κ1) is 22.7. The van der Waals surface area contributed by atoms with Crippen LogP contribution >= 0.6 is 11.6 Å². The van der Waals surface area contributed by atoms with Crippen LogP contribution in [0.2, 0.25) is 5.02 Å². The van der Waals surface area contributed by atoms with Gasteiger partial charge in [-0.15, -0.1) is 0 Å². The number of aryl methyl sites for hydroxylation is 1. The van der Waals surface area contributed by atoms with Crippen LogP contribution in [0.3, 0.4) is 0 Å². The predicted molar refractivity (Wildman–Crippen MR) is 108 cm³/mol. The zero-order chi connectivity index (χ0) is 21.6. The first-order valence-electron chi connectivity index (χ1n) is 8.99. The zero-order valence-electron chi connectivity index (χ0n) is 16.4. The molecule has 0 aromatic heterocycles. The van der Waals surface area contributed by atoms with Crippen LogP contribution in [0.4, 0.5) is 18.9 Å². The highest BCUT2D eigenvalue weighted by atomic mass is 35.5. The molecule has 29 heavy (non-hydrogen) atoms. The van der Waals surface area contributed by atoms with Gasteiger partial charge in [0.1, 0.15) is 0 Å². The molecular weight excluding hydrogens is 405 g/mol. The molecule has 2 aromatic rings. The third-order valence-corrected chi connectivity index (χ3v) is 4.61. The number of hydrogen-bond acceptors (Lipinski definition) is 3. The van der Waals surface area contributed by atoms with Crippen molar-refractivity contribution in [2.45, 2.75) is 26.4 Å². The van der Waals surface area contributed by atoms with E-state index in [9.17, 15) is 18.0 Å². The van der Waals surface area contributed by atoms with E-state index in [1.807, 2.05) is 18.9 Å². The fourth-order valence-corrected chi connectivity index (χ4v) is 2.64. The van der Waals surface area contributed by atoms with Crippen molar-refractivity contribution in [2.24, 2.45) is 4.99 Å². The van der Waals surface area contributed by atoms with Gasteiger partial charge in [-0.05, 0) is 49.2 Å². The first-order chi connectivity index (χ1) is 13.6. The fraction of sp³-hybridized carbons (Fsp3) is 0.333. The molecular formula is C21H22ClF3N2O2. The summed E-state index contributed by atoms with van der Waals surface area (Å²) in [5.41, 5.74) is 1.47. The van der Waals surface area contributed by atoms with Crippen LogP contribution in [0.1, 0.15) is 34.0 Å².